The highest BCUT2D eigenvalue weighted by Gasteiger charge is 2.35. The number of quaternary nitrogens is 3. The van der Waals surface area contributed by atoms with E-state index in [1.54, 1.807) is 41.5 Å². The molecule has 0 aromatic heterocycles. The second kappa shape index (κ2) is 51.7. The first-order chi connectivity index (χ1) is 49.3. The molecular weight excluding hydrogens is 1450 g/mol. The number of hydrogen-bond acceptors (Lipinski definition) is 23. The lowest BCUT2D eigenvalue weighted by atomic mass is 9.89. The van der Waals surface area contributed by atoms with Gasteiger partial charge in [0.1, 0.15) is 31.3 Å². The number of carbonyl (C=O) groups excluding carboxylic acids is 10. The van der Waals surface area contributed by atoms with Crippen LogP contribution in [0.4, 0.5) is 0 Å². The van der Waals surface area contributed by atoms with Crippen molar-refractivity contribution in [1.29, 1.82) is 0 Å². The third kappa shape index (κ3) is 55.4. The summed E-state index contributed by atoms with van der Waals surface area (Å²) >= 11 is 0. The molecule has 1 heterocycles. The Bertz CT molecular complexity index is 2950. The van der Waals surface area contributed by atoms with Crippen LogP contribution in [0.5, 0.6) is 0 Å². The van der Waals surface area contributed by atoms with Crippen molar-refractivity contribution in [2.24, 2.45) is 16.2 Å². The normalized spacial score (nSPS) is 14.6. The maximum Gasteiger partial charge on any atom is 0.472 e. The Kier molecular flexibility index (Phi) is 49.5. The number of ether oxygens (including phenoxy) is 4. The van der Waals surface area contributed by atoms with Gasteiger partial charge in [0, 0.05) is 73.6 Å². The summed E-state index contributed by atoms with van der Waals surface area (Å²) in [4.78, 5) is 155. The first kappa shape index (κ1) is 102. The molecule has 622 valence electrons. The summed E-state index contributed by atoms with van der Waals surface area (Å²) in [5, 5.41) is 51.5. The average molecular weight is 1580 g/mol. The number of carboxylic acid groups (broad SMARTS) is 3. The number of rotatable bonds is 57. The van der Waals surface area contributed by atoms with E-state index in [4.69, 9.17) is 38.2 Å². The summed E-state index contributed by atoms with van der Waals surface area (Å²) in [6.07, 6.45) is 1.66. The van der Waals surface area contributed by atoms with Gasteiger partial charge in [0.2, 0.25) is 53.2 Å². The highest BCUT2D eigenvalue weighted by atomic mass is 32.2. The Morgan fingerprint density at radius 3 is 1.16 bits per heavy atom. The van der Waals surface area contributed by atoms with Gasteiger partial charge in [-0.25, -0.2) is 13.0 Å². The van der Waals surface area contributed by atoms with Crippen molar-refractivity contribution in [3.8, 4) is 0 Å². The van der Waals surface area contributed by atoms with Crippen LogP contribution < -0.4 is 53.0 Å². The van der Waals surface area contributed by atoms with Crippen LogP contribution in [-0.4, -0.2) is 323 Å². The molecule has 38 nitrogen and oxygen atoms in total. The lowest BCUT2D eigenvalue weighted by Gasteiger charge is -2.30. The van der Waals surface area contributed by atoms with Crippen molar-refractivity contribution in [2.45, 2.75) is 157 Å². The van der Waals surface area contributed by atoms with E-state index in [1.165, 1.54) is 0 Å². The lowest BCUT2D eigenvalue weighted by Crippen LogP contribution is -2.54. The van der Waals surface area contributed by atoms with Crippen molar-refractivity contribution in [1.82, 2.24) is 47.9 Å². The largest absolute Gasteiger partial charge is 0.748 e. The molecule has 1 saturated heterocycles. The van der Waals surface area contributed by atoms with Crippen molar-refractivity contribution < 1.29 is 137 Å². The first-order valence-corrected chi connectivity index (χ1v) is 39.0. The van der Waals surface area contributed by atoms with Crippen LogP contribution in [0.3, 0.4) is 0 Å². The predicted octanol–water partition coefficient (Wildman–Crippen LogP) is -2.55. The molecule has 40 heteroatoms. The standard InChI is InChI=1S/C23H44N4O8S.C22H43N4O10P.C22H40N4O8/c1-6-23(2,3)22(30)26-19(16-20(28)24-10-14-34-13-8-18-17-35-18)21(29)25-9-12-27(4,5)11-7-15-36(31,32)33;1-7-22(2,3)21(31)25-17(16-18(27)23-9-13-34-12-8-19(28)29)20(30)24-10-14-35-37(32,33)36-15-11-26(4,5)6;1-6-22(2,3)21(33)25-16(15-17(27)23-10-14-34-13-8-19(30)31)20(32)24-9-12-26(4,5)11-7-18(28)29/h18-19H,6-17H2,1-5H3,(H3-,24,25,26,28,29,30,31,32,33);17H,7-16H2,1-6H3,(H4-,23,24,25,27,28,29,30,31,32,33);16H,6-15H2,1-5H3,(H4-,23,24,25,27,28,29,30,31,32,33)/p+1. The van der Waals surface area contributed by atoms with Crippen LogP contribution in [0.25, 0.3) is 0 Å². The van der Waals surface area contributed by atoms with Gasteiger partial charge in [0.25, 0.3) is 0 Å². The van der Waals surface area contributed by atoms with Gasteiger partial charge < -0.3 is 110 Å². The minimum atomic E-state index is -4.30. The number of aliphatic carboxylic acids is 3. The monoisotopic (exact) mass is 1580 g/mol. The van der Waals surface area contributed by atoms with Gasteiger partial charge in [-0.3, -0.25) is 61.8 Å². The summed E-state index contributed by atoms with van der Waals surface area (Å²) in [5.41, 5.74) is -2.20. The highest BCUT2D eigenvalue weighted by molar-refractivity contribution is 7.85. The minimum Gasteiger partial charge on any atom is -0.748 e. The molecule has 0 aromatic carbocycles. The number of amides is 9. The topological polar surface area (TPSA) is 530 Å². The summed E-state index contributed by atoms with van der Waals surface area (Å²) in [6, 6.07) is -3.34. The molecule has 12 N–H and O–H groups in total. The maximum absolute atomic E-state index is 12.9. The molecule has 0 aliphatic carbocycles. The van der Waals surface area contributed by atoms with Gasteiger partial charge in [-0.15, -0.1) is 0 Å². The fourth-order valence-corrected chi connectivity index (χ4v) is 9.42. The number of phosphoric acid groups is 1. The van der Waals surface area contributed by atoms with Crippen LogP contribution in [0.15, 0.2) is 0 Å². The number of epoxide rings is 1. The van der Waals surface area contributed by atoms with Gasteiger partial charge in [-0.1, -0.05) is 62.3 Å². The molecule has 0 saturated carbocycles. The van der Waals surface area contributed by atoms with Crippen molar-refractivity contribution in [2.75, 3.05) is 187 Å². The molecule has 1 fully saturated rings. The average Bonchev–Trinajstić information content (AvgIpc) is 1.62. The molecule has 1 rings (SSSR count). The van der Waals surface area contributed by atoms with Crippen LogP contribution in [0, 0.1) is 16.2 Å². The van der Waals surface area contributed by atoms with E-state index in [2.05, 4.69) is 47.9 Å². The quantitative estimate of drug-likeness (QED) is 0.00980. The molecule has 0 bridgehead atoms. The van der Waals surface area contributed by atoms with E-state index in [1.807, 2.05) is 70.1 Å². The van der Waals surface area contributed by atoms with Crippen LogP contribution in [-0.2, 0) is 100 Å². The lowest BCUT2D eigenvalue weighted by molar-refractivity contribution is -0.889. The van der Waals surface area contributed by atoms with Crippen LogP contribution in [0.1, 0.15) is 133 Å². The molecule has 0 radical (unpaired) electrons. The van der Waals surface area contributed by atoms with E-state index in [0.29, 0.717) is 78.6 Å². The van der Waals surface area contributed by atoms with E-state index in [-0.39, 0.29) is 148 Å². The number of carbonyl (C=O) groups is 12. The molecule has 0 spiro atoms. The number of hydrogen-bond donors (Lipinski definition) is 12. The van der Waals surface area contributed by atoms with Crippen LogP contribution >= 0.6 is 7.82 Å². The second-order valence-electron chi connectivity index (χ2n) is 29.8. The van der Waals surface area contributed by atoms with Crippen molar-refractivity contribution in [3.63, 3.8) is 0 Å². The number of carboxylic acids is 3. The SMILES string of the molecule is CCC(C)(C)C(=O)NC(CC(=O)NCCOCCC(=O)O)C(=O)NCCOP(=O)(O)OCC[N+](C)(C)C.CCC(C)(C)C(=O)NC(CC(=O)NCCOCCC(=O)O)C(=O)NCC[N+](C)(C)CCC(=O)[O-].CCC(C)(C)C(=O)NC(CC(=O)NCCOCCC1CO1)C(=O)NCC[N+](C)(C)CCCS(=O)(=O)[O-]. The molecular formula is C67H128N12O26PS+. The fraction of sp³-hybridized carbons (Fsp3) is 0.821. The molecule has 5 unspecified atom stereocenters. The smallest absolute Gasteiger partial charge is 0.472 e. The number of nitrogens with one attached hydrogen (secondary N) is 9. The van der Waals surface area contributed by atoms with E-state index in [0.717, 1.165) is 13.0 Å². The fourth-order valence-electron chi connectivity index (χ4n) is 8.23. The molecule has 0 aromatic rings. The molecule has 107 heavy (non-hydrogen) atoms. The van der Waals surface area contributed by atoms with Crippen molar-refractivity contribution >= 4 is 89.0 Å². The Balaban J connectivity index is 0. The van der Waals surface area contributed by atoms with Crippen LogP contribution in [0.2, 0.25) is 0 Å². The zero-order chi connectivity index (χ0) is 82.5. The van der Waals surface area contributed by atoms with E-state index < -0.39 is 111 Å². The van der Waals surface area contributed by atoms with Gasteiger partial charge in [0.05, 0.1) is 183 Å². The van der Waals surface area contributed by atoms with Gasteiger partial charge >= 0.3 is 19.8 Å². The zero-order valence-electron chi connectivity index (χ0n) is 65.9. The summed E-state index contributed by atoms with van der Waals surface area (Å²) < 4.78 is 76.1. The number of likely N-dealkylation sites (N-methyl/N-ethyl adjacent to an activating group) is 3. The summed E-state index contributed by atoms with van der Waals surface area (Å²) in [7, 11) is 4.50. The summed E-state index contributed by atoms with van der Waals surface area (Å²) in [5.74, 6) is -7.70. The Hall–Kier alpha value is -6.62. The highest BCUT2D eigenvalue weighted by Crippen LogP contribution is 2.42. The third-order valence-corrected chi connectivity index (χ3v) is 18.7. The zero-order valence-corrected chi connectivity index (χ0v) is 67.6. The third-order valence-electron chi connectivity index (χ3n) is 16.9. The van der Waals surface area contributed by atoms with Gasteiger partial charge in [0.15, 0.2) is 0 Å². The van der Waals surface area contributed by atoms with Gasteiger partial charge in [-0.05, 0) is 25.7 Å². The molecule has 1 aliphatic rings. The molecule has 9 amide bonds. The number of nitrogens with zero attached hydrogens (tertiary/aromatic N) is 3. The van der Waals surface area contributed by atoms with E-state index in [9.17, 15) is 85.1 Å². The second-order valence-corrected chi connectivity index (χ2v) is 32.8. The predicted molar refractivity (Wildman–Crippen MR) is 388 cm³/mol. The van der Waals surface area contributed by atoms with E-state index >= 15 is 0 Å². The Labute approximate surface area is 631 Å². The summed E-state index contributed by atoms with van der Waals surface area (Å²) in [6.45, 7) is 20.5. The van der Waals surface area contributed by atoms with Gasteiger partial charge in [-0.2, -0.15) is 0 Å². The number of phosphoric ester groups is 1. The molecule has 5 atom stereocenters. The Morgan fingerprint density at radius 1 is 0.495 bits per heavy atom. The Morgan fingerprint density at radius 2 is 0.832 bits per heavy atom. The van der Waals surface area contributed by atoms with Crippen molar-refractivity contribution in [3.05, 3.63) is 0 Å². The maximum atomic E-state index is 12.9. The molecule has 1 aliphatic heterocycles. The first-order valence-electron chi connectivity index (χ1n) is 35.9. The minimum absolute atomic E-state index is 0.00207.